The normalized spacial score (nSPS) is 20.3. The predicted molar refractivity (Wildman–Crippen MR) is 132 cm³/mol. The molecule has 0 saturated carbocycles. The van der Waals surface area contributed by atoms with Crippen LogP contribution in [-0.4, -0.2) is 55.6 Å². The number of imidazole rings is 1. The Kier molecular flexibility index (Phi) is 9.71. The Morgan fingerprint density at radius 3 is 2.74 bits per heavy atom. The maximum atomic E-state index is 13.2. The van der Waals surface area contributed by atoms with Crippen LogP contribution in [0.2, 0.25) is 0 Å². The molecule has 1 aromatic carbocycles. The van der Waals surface area contributed by atoms with Crippen molar-refractivity contribution in [3.63, 3.8) is 0 Å². The third-order valence-corrected chi connectivity index (χ3v) is 6.60. The molecule has 7 nitrogen and oxygen atoms in total. The molecule has 3 N–H and O–H groups in total. The van der Waals surface area contributed by atoms with Crippen LogP contribution in [0.15, 0.2) is 82.7 Å². The molecule has 2 unspecified atom stereocenters. The molecule has 0 aliphatic heterocycles. The predicted octanol–water partition coefficient (Wildman–Crippen LogP) is 3.58. The molecule has 2 aromatic rings. The average molecular weight is 485 g/mol. The third-order valence-electron chi connectivity index (χ3n) is 5.50. The van der Waals surface area contributed by atoms with Gasteiger partial charge >= 0.3 is 0 Å². The van der Waals surface area contributed by atoms with E-state index in [9.17, 15) is 15.0 Å². The summed E-state index contributed by atoms with van der Waals surface area (Å²) in [7, 11) is 1.85. The zero-order chi connectivity index (χ0) is 24.4. The molecule has 0 amide bonds. The molecule has 0 spiro atoms. The first-order chi connectivity index (χ1) is 16.4. The Bertz CT molecular complexity index is 1030. The topological polar surface area (TPSA) is 105 Å². The molecule has 1 aliphatic carbocycles. The summed E-state index contributed by atoms with van der Waals surface area (Å²) in [5.41, 5.74) is -1.13. The molecule has 2 atom stereocenters. The fourth-order valence-corrected chi connectivity index (χ4v) is 4.59. The van der Waals surface area contributed by atoms with E-state index in [0.29, 0.717) is 42.4 Å². The summed E-state index contributed by atoms with van der Waals surface area (Å²) in [6.45, 7) is 0.526. The van der Waals surface area contributed by atoms with Crippen LogP contribution < -0.4 is 4.74 Å². The van der Waals surface area contributed by atoms with Gasteiger partial charge in [0.25, 0.3) is 0 Å². The standard InChI is InChI=1S/C26H32N2O5S/c1-28-16-15-27-25(28)34-23-19-26(32,14-5-6-18-33-21-11-3-2-4-12-21)22(24(23)31)13-7-9-20(30)10-8-17-29/h2-4,7,9,11-13,15-16,19-20,29-30,32H,5-6,8,10,14,17-18H2,1H3/b9-7-,22-13+. The fraction of sp³-hybridized carbons (Fsp3) is 0.385. The van der Waals surface area contributed by atoms with E-state index in [1.54, 1.807) is 36.7 Å². The number of ketones is 1. The highest BCUT2D eigenvalue weighted by molar-refractivity contribution is 8.03. The number of aliphatic hydroxyl groups excluding tert-OH is 2. The van der Waals surface area contributed by atoms with Gasteiger partial charge in [0, 0.05) is 31.6 Å². The zero-order valence-electron chi connectivity index (χ0n) is 19.3. The van der Waals surface area contributed by atoms with Crippen LogP contribution in [0.3, 0.4) is 0 Å². The van der Waals surface area contributed by atoms with Crippen LogP contribution in [0.4, 0.5) is 0 Å². The average Bonchev–Trinajstić information content (AvgIpc) is 3.33. The Morgan fingerprint density at radius 1 is 1.24 bits per heavy atom. The lowest BCUT2D eigenvalue weighted by molar-refractivity contribution is -0.112. The minimum Gasteiger partial charge on any atom is -0.494 e. The van der Waals surface area contributed by atoms with Gasteiger partial charge < -0.3 is 24.6 Å². The minimum atomic E-state index is -1.41. The lowest BCUT2D eigenvalue weighted by Gasteiger charge is -2.22. The number of hydrogen-bond acceptors (Lipinski definition) is 7. The summed E-state index contributed by atoms with van der Waals surface area (Å²) in [6.07, 6.45) is 11.8. The first-order valence-corrected chi connectivity index (χ1v) is 12.3. The molecule has 0 fully saturated rings. The van der Waals surface area contributed by atoms with Gasteiger partial charge in [-0.05, 0) is 62.1 Å². The Balaban J connectivity index is 1.68. The van der Waals surface area contributed by atoms with Crippen LogP contribution >= 0.6 is 11.8 Å². The van der Waals surface area contributed by atoms with Crippen molar-refractivity contribution in [3.8, 4) is 5.75 Å². The highest BCUT2D eigenvalue weighted by atomic mass is 32.2. The van der Waals surface area contributed by atoms with E-state index in [1.165, 1.54) is 11.8 Å². The summed E-state index contributed by atoms with van der Waals surface area (Å²) < 4.78 is 7.55. The van der Waals surface area contributed by atoms with Crippen LogP contribution in [0, 0.1) is 0 Å². The van der Waals surface area contributed by atoms with Gasteiger partial charge in [0.1, 0.15) is 11.4 Å². The van der Waals surface area contributed by atoms with Gasteiger partial charge in [0.2, 0.25) is 0 Å². The summed E-state index contributed by atoms with van der Waals surface area (Å²) in [6, 6.07) is 9.56. The van der Waals surface area contributed by atoms with Crippen molar-refractivity contribution in [2.45, 2.75) is 49.0 Å². The molecule has 3 rings (SSSR count). The number of aliphatic hydroxyl groups is 3. The number of thioether (sulfide) groups is 1. The van der Waals surface area contributed by atoms with Gasteiger partial charge in [-0.1, -0.05) is 36.4 Å². The van der Waals surface area contributed by atoms with Crippen molar-refractivity contribution in [1.29, 1.82) is 0 Å². The van der Waals surface area contributed by atoms with E-state index in [4.69, 9.17) is 9.84 Å². The molecule has 8 heteroatoms. The van der Waals surface area contributed by atoms with Gasteiger partial charge in [-0.25, -0.2) is 4.98 Å². The lowest BCUT2D eigenvalue weighted by atomic mass is 9.90. The highest BCUT2D eigenvalue weighted by Gasteiger charge is 2.41. The van der Waals surface area contributed by atoms with Crippen molar-refractivity contribution in [2.75, 3.05) is 13.2 Å². The van der Waals surface area contributed by atoms with Crippen LogP contribution in [0.25, 0.3) is 0 Å². The van der Waals surface area contributed by atoms with Gasteiger partial charge in [-0.15, -0.1) is 0 Å². The molecule has 1 aliphatic rings. The maximum absolute atomic E-state index is 13.2. The van der Waals surface area contributed by atoms with E-state index in [0.717, 1.165) is 12.2 Å². The third kappa shape index (κ3) is 7.17. The number of carbonyl (C=O) groups is 1. The second-order valence-electron chi connectivity index (χ2n) is 8.20. The maximum Gasteiger partial charge on any atom is 0.198 e. The molecular formula is C26H32N2O5S. The number of aromatic nitrogens is 2. The second-order valence-corrected chi connectivity index (χ2v) is 9.21. The molecule has 1 aromatic heterocycles. The SMILES string of the molecule is Cn1ccnc1SC1=CC(O)(CCCCOc2ccccc2)/C(=C/C=C\C(O)CCCO)C1=O. The molecule has 0 saturated heterocycles. The van der Waals surface area contributed by atoms with Crippen molar-refractivity contribution in [2.24, 2.45) is 7.05 Å². The Hall–Kier alpha value is -2.65. The lowest BCUT2D eigenvalue weighted by Crippen LogP contribution is -2.28. The number of para-hydroxylation sites is 1. The number of allylic oxidation sites excluding steroid dienone is 3. The summed E-state index contributed by atoms with van der Waals surface area (Å²) >= 11 is 1.23. The number of Topliss-reactive ketones (excluding diaryl/α,β-unsaturated/α-hetero) is 1. The second kappa shape index (κ2) is 12.7. The van der Waals surface area contributed by atoms with Crippen LogP contribution in [0.5, 0.6) is 5.75 Å². The highest BCUT2D eigenvalue weighted by Crippen LogP contribution is 2.41. The van der Waals surface area contributed by atoms with Gasteiger partial charge in [-0.3, -0.25) is 4.79 Å². The monoisotopic (exact) mass is 484 g/mol. The van der Waals surface area contributed by atoms with Gasteiger partial charge in [0.05, 0.1) is 17.6 Å². The number of benzene rings is 1. The van der Waals surface area contributed by atoms with Crippen molar-refractivity contribution in [3.05, 3.63) is 77.5 Å². The smallest absolute Gasteiger partial charge is 0.198 e. The van der Waals surface area contributed by atoms with Crippen molar-refractivity contribution < 1.29 is 24.9 Å². The van der Waals surface area contributed by atoms with E-state index >= 15 is 0 Å². The quantitative estimate of drug-likeness (QED) is 0.295. The molecule has 182 valence electrons. The van der Waals surface area contributed by atoms with E-state index in [1.807, 2.05) is 41.9 Å². The first-order valence-electron chi connectivity index (χ1n) is 11.4. The fourth-order valence-electron chi connectivity index (χ4n) is 3.62. The van der Waals surface area contributed by atoms with Gasteiger partial charge in [-0.2, -0.15) is 0 Å². The van der Waals surface area contributed by atoms with E-state index in [2.05, 4.69) is 4.98 Å². The van der Waals surface area contributed by atoms with Crippen molar-refractivity contribution >= 4 is 17.5 Å². The van der Waals surface area contributed by atoms with Crippen LogP contribution in [0.1, 0.15) is 32.1 Å². The van der Waals surface area contributed by atoms with E-state index < -0.39 is 11.7 Å². The summed E-state index contributed by atoms with van der Waals surface area (Å²) in [5, 5.41) is 31.0. The molecule has 34 heavy (non-hydrogen) atoms. The number of unbranched alkanes of at least 4 members (excludes halogenated alkanes) is 1. The number of ether oxygens (including phenoxy) is 1. The summed E-state index contributed by atoms with van der Waals surface area (Å²) in [5.74, 6) is 0.557. The van der Waals surface area contributed by atoms with Gasteiger partial charge in [0.15, 0.2) is 10.9 Å². The van der Waals surface area contributed by atoms with Crippen molar-refractivity contribution in [1.82, 2.24) is 9.55 Å². The zero-order valence-corrected chi connectivity index (χ0v) is 20.2. The first kappa shape index (κ1) is 26.0. The number of aryl methyl sites for hydroxylation is 1. The number of nitrogens with zero attached hydrogens (tertiary/aromatic N) is 2. The molecule has 0 bridgehead atoms. The molecular weight excluding hydrogens is 452 g/mol. The largest absolute Gasteiger partial charge is 0.494 e. The number of rotatable bonds is 13. The Morgan fingerprint density at radius 2 is 2.03 bits per heavy atom. The number of hydrogen-bond donors (Lipinski definition) is 3. The summed E-state index contributed by atoms with van der Waals surface area (Å²) in [4.78, 5) is 17.9. The minimum absolute atomic E-state index is 0.00983. The Labute approximate surface area is 204 Å². The number of carbonyl (C=O) groups excluding carboxylic acids is 1. The molecule has 0 radical (unpaired) electrons. The molecule has 1 heterocycles. The van der Waals surface area contributed by atoms with E-state index in [-0.39, 0.29) is 18.0 Å². The van der Waals surface area contributed by atoms with Crippen LogP contribution in [-0.2, 0) is 11.8 Å².